The van der Waals surface area contributed by atoms with Crippen molar-refractivity contribution in [1.29, 1.82) is 5.26 Å². The van der Waals surface area contributed by atoms with Gasteiger partial charge in [-0.2, -0.15) is 5.26 Å². The minimum Gasteiger partial charge on any atom is -0.492 e. The second kappa shape index (κ2) is 8.39. The van der Waals surface area contributed by atoms with Crippen LogP contribution in [0.5, 0.6) is 5.75 Å². The van der Waals surface area contributed by atoms with Crippen molar-refractivity contribution in [3.05, 3.63) is 63.6 Å². The number of benzene rings is 2. The molecule has 24 heavy (non-hydrogen) atoms. The summed E-state index contributed by atoms with van der Waals surface area (Å²) in [4.78, 5) is 12.2. The number of anilines is 1. The minimum atomic E-state index is -0.523. The summed E-state index contributed by atoms with van der Waals surface area (Å²) in [5.41, 5.74) is 1.09. The fourth-order valence-corrected chi connectivity index (χ4v) is 2.39. The van der Waals surface area contributed by atoms with Gasteiger partial charge in [0.25, 0.3) is 5.91 Å². The summed E-state index contributed by atoms with van der Waals surface area (Å²) in [6, 6.07) is 13.6. The average molecular weight is 361 g/mol. The van der Waals surface area contributed by atoms with Gasteiger partial charge in [0.1, 0.15) is 17.4 Å². The number of amides is 1. The fraction of sp³-hybridized carbons (Fsp3) is 0.111. The van der Waals surface area contributed by atoms with E-state index < -0.39 is 5.91 Å². The van der Waals surface area contributed by atoms with Crippen LogP contribution in [0.2, 0.25) is 10.0 Å². The van der Waals surface area contributed by atoms with Crippen LogP contribution in [0.25, 0.3) is 6.08 Å². The van der Waals surface area contributed by atoms with Crippen LogP contribution in [0, 0.1) is 11.3 Å². The molecular formula is C18H14Cl2N2O2. The van der Waals surface area contributed by atoms with Crippen molar-refractivity contribution in [2.75, 3.05) is 11.9 Å². The predicted molar refractivity (Wildman–Crippen MR) is 96.3 cm³/mol. The smallest absolute Gasteiger partial charge is 0.266 e. The minimum absolute atomic E-state index is 0.0461. The van der Waals surface area contributed by atoms with Gasteiger partial charge in [-0.05, 0) is 48.9 Å². The quantitative estimate of drug-likeness (QED) is 0.606. The maximum atomic E-state index is 12.2. The summed E-state index contributed by atoms with van der Waals surface area (Å²) in [5.74, 6) is 0.0305. The Kier molecular flexibility index (Phi) is 6.25. The van der Waals surface area contributed by atoms with Crippen molar-refractivity contribution in [3.63, 3.8) is 0 Å². The van der Waals surface area contributed by atoms with Gasteiger partial charge in [0, 0.05) is 10.7 Å². The molecule has 4 nitrogen and oxygen atoms in total. The summed E-state index contributed by atoms with van der Waals surface area (Å²) in [6.45, 7) is 2.36. The van der Waals surface area contributed by atoms with Crippen LogP contribution in [0.1, 0.15) is 12.5 Å². The van der Waals surface area contributed by atoms with Crippen LogP contribution in [-0.4, -0.2) is 12.5 Å². The van der Waals surface area contributed by atoms with E-state index in [2.05, 4.69) is 5.32 Å². The number of nitrogens with zero attached hydrogens (tertiary/aromatic N) is 1. The van der Waals surface area contributed by atoms with Gasteiger partial charge in [0.15, 0.2) is 0 Å². The van der Waals surface area contributed by atoms with Gasteiger partial charge in [-0.3, -0.25) is 4.79 Å². The lowest BCUT2D eigenvalue weighted by molar-refractivity contribution is -0.112. The Morgan fingerprint density at radius 2 is 2.08 bits per heavy atom. The first-order valence-electron chi connectivity index (χ1n) is 7.14. The highest BCUT2D eigenvalue weighted by molar-refractivity contribution is 6.32. The Hall–Kier alpha value is -2.48. The second-order valence-electron chi connectivity index (χ2n) is 4.76. The summed E-state index contributed by atoms with van der Waals surface area (Å²) < 4.78 is 5.35. The van der Waals surface area contributed by atoms with Crippen LogP contribution in [-0.2, 0) is 4.79 Å². The molecule has 0 aromatic heterocycles. The zero-order chi connectivity index (χ0) is 17.5. The molecule has 0 saturated heterocycles. The van der Waals surface area contributed by atoms with E-state index in [0.29, 0.717) is 33.7 Å². The molecular weight excluding hydrogens is 347 g/mol. The summed E-state index contributed by atoms with van der Waals surface area (Å²) in [6.07, 6.45) is 1.46. The summed E-state index contributed by atoms with van der Waals surface area (Å²) in [5, 5.41) is 12.8. The SMILES string of the molecule is CCOc1ccc(C=C(C#N)C(=O)Nc2cccc(Cl)c2)cc1Cl. The molecule has 2 aromatic carbocycles. The third kappa shape index (κ3) is 4.76. The van der Waals surface area contributed by atoms with Crippen molar-refractivity contribution < 1.29 is 9.53 Å². The Morgan fingerprint density at radius 3 is 2.71 bits per heavy atom. The fourth-order valence-electron chi connectivity index (χ4n) is 1.96. The Balaban J connectivity index is 2.21. The number of carbonyl (C=O) groups is 1. The van der Waals surface area contributed by atoms with E-state index in [9.17, 15) is 10.1 Å². The molecule has 1 N–H and O–H groups in total. The van der Waals surface area contributed by atoms with Crippen LogP contribution in [0.4, 0.5) is 5.69 Å². The third-order valence-electron chi connectivity index (χ3n) is 3.01. The van der Waals surface area contributed by atoms with Crippen molar-refractivity contribution in [3.8, 4) is 11.8 Å². The number of hydrogen-bond donors (Lipinski definition) is 1. The number of nitriles is 1. The number of halogens is 2. The highest BCUT2D eigenvalue weighted by Crippen LogP contribution is 2.26. The third-order valence-corrected chi connectivity index (χ3v) is 3.54. The van der Waals surface area contributed by atoms with Crippen molar-refractivity contribution in [2.45, 2.75) is 6.92 Å². The van der Waals surface area contributed by atoms with Crippen molar-refractivity contribution in [1.82, 2.24) is 0 Å². The molecule has 0 atom stereocenters. The number of nitrogens with one attached hydrogen (secondary N) is 1. The Labute approximate surface area is 150 Å². The van der Waals surface area contributed by atoms with E-state index >= 15 is 0 Å². The van der Waals surface area contributed by atoms with Gasteiger partial charge in [-0.25, -0.2) is 0 Å². The molecule has 0 fully saturated rings. The first kappa shape index (κ1) is 17.9. The van der Waals surface area contributed by atoms with E-state index in [0.717, 1.165) is 0 Å². The van der Waals surface area contributed by atoms with E-state index in [1.54, 1.807) is 42.5 Å². The van der Waals surface area contributed by atoms with Gasteiger partial charge < -0.3 is 10.1 Å². The number of hydrogen-bond acceptors (Lipinski definition) is 3. The largest absolute Gasteiger partial charge is 0.492 e. The average Bonchev–Trinajstić information content (AvgIpc) is 2.55. The van der Waals surface area contributed by atoms with Crippen molar-refractivity contribution in [2.24, 2.45) is 0 Å². The van der Waals surface area contributed by atoms with Gasteiger partial charge >= 0.3 is 0 Å². The molecule has 0 radical (unpaired) electrons. The number of carbonyl (C=O) groups excluding carboxylic acids is 1. The lowest BCUT2D eigenvalue weighted by Crippen LogP contribution is -2.13. The molecule has 0 unspecified atom stereocenters. The van der Waals surface area contributed by atoms with Crippen LogP contribution >= 0.6 is 23.2 Å². The molecule has 2 rings (SSSR count). The summed E-state index contributed by atoms with van der Waals surface area (Å²) >= 11 is 12.0. The molecule has 2 aromatic rings. The molecule has 0 spiro atoms. The topological polar surface area (TPSA) is 62.1 Å². The van der Waals surface area contributed by atoms with Gasteiger partial charge in [-0.1, -0.05) is 35.3 Å². The van der Waals surface area contributed by atoms with E-state index in [-0.39, 0.29) is 5.57 Å². The second-order valence-corrected chi connectivity index (χ2v) is 5.60. The van der Waals surface area contributed by atoms with Crippen LogP contribution in [0.3, 0.4) is 0 Å². The maximum Gasteiger partial charge on any atom is 0.266 e. The van der Waals surface area contributed by atoms with E-state index in [1.807, 2.05) is 13.0 Å². The zero-order valence-electron chi connectivity index (χ0n) is 12.8. The molecule has 6 heteroatoms. The van der Waals surface area contributed by atoms with Gasteiger partial charge in [0.2, 0.25) is 0 Å². The van der Waals surface area contributed by atoms with Gasteiger partial charge in [-0.15, -0.1) is 0 Å². The van der Waals surface area contributed by atoms with E-state index in [4.69, 9.17) is 27.9 Å². The summed E-state index contributed by atoms with van der Waals surface area (Å²) in [7, 11) is 0. The molecule has 1 amide bonds. The molecule has 0 aliphatic carbocycles. The van der Waals surface area contributed by atoms with E-state index in [1.165, 1.54) is 6.08 Å². The number of ether oxygens (including phenoxy) is 1. The molecule has 122 valence electrons. The lowest BCUT2D eigenvalue weighted by atomic mass is 10.1. The van der Waals surface area contributed by atoms with Crippen LogP contribution in [0.15, 0.2) is 48.0 Å². The lowest BCUT2D eigenvalue weighted by Gasteiger charge is -2.07. The van der Waals surface area contributed by atoms with Crippen molar-refractivity contribution >= 4 is 40.9 Å². The highest BCUT2D eigenvalue weighted by atomic mass is 35.5. The maximum absolute atomic E-state index is 12.2. The Morgan fingerprint density at radius 1 is 1.29 bits per heavy atom. The monoisotopic (exact) mass is 360 g/mol. The zero-order valence-corrected chi connectivity index (χ0v) is 14.4. The first-order chi connectivity index (χ1) is 11.5. The molecule has 0 bridgehead atoms. The first-order valence-corrected chi connectivity index (χ1v) is 7.90. The molecule has 0 aliphatic rings. The highest BCUT2D eigenvalue weighted by Gasteiger charge is 2.10. The van der Waals surface area contributed by atoms with Gasteiger partial charge in [0.05, 0.1) is 11.6 Å². The number of rotatable bonds is 5. The predicted octanol–water partition coefficient (Wildman–Crippen LogP) is 4.94. The standard InChI is InChI=1S/C18H14Cl2N2O2/c1-2-24-17-7-6-12(9-16(17)20)8-13(11-21)18(23)22-15-5-3-4-14(19)10-15/h3-10H,2H2,1H3,(H,22,23). The molecule has 0 heterocycles. The Bertz CT molecular complexity index is 826. The molecule has 0 saturated carbocycles. The molecule has 0 aliphatic heterocycles. The van der Waals surface area contributed by atoms with Crippen LogP contribution < -0.4 is 10.1 Å². The normalized spacial score (nSPS) is 10.8.